The second-order valence-corrected chi connectivity index (χ2v) is 11.4. The van der Waals surface area contributed by atoms with Crippen molar-refractivity contribution in [2.24, 2.45) is 0 Å². The summed E-state index contributed by atoms with van der Waals surface area (Å²) < 4.78 is 28.1. The van der Waals surface area contributed by atoms with Crippen LogP contribution in [-0.4, -0.2) is 19.6 Å². The number of benzene rings is 1. The lowest BCUT2D eigenvalue weighted by Crippen LogP contribution is -2.37. The Morgan fingerprint density at radius 2 is 1.71 bits per heavy atom. The average molecular weight is 465 g/mol. The number of anilines is 1. The number of carbonyl (C=O) groups is 1. The van der Waals surface area contributed by atoms with Gasteiger partial charge in [0, 0.05) is 10.6 Å². The molecule has 8 heteroatoms. The molecule has 3 N–H and O–H groups in total. The molecule has 2 amide bonds. The van der Waals surface area contributed by atoms with Crippen LogP contribution in [0, 0.1) is 0 Å². The molecule has 0 aliphatic heterocycles. The van der Waals surface area contributed by atoms with Gasteiger partial charge in [0.2, 0.25) is 10.0 Å². The minimum atomic E-state index is -4.09. The molecule has 170 valence electrons. The number of hydrogen-bond donors (Lipinski definition) is 3. The van der Waals surface area contributed by atoms with E-state index in [0.717, 1.165) is 11.1 Å². The molecule has 1 atom stereocenters. The van der Waals surface area contributed by atoms with Crippen LogP contribution in [0.4, 0.5) is 10.5 Å². The highest BCUT2D eigenvalue weighted by Gasteiger charge is 2.30. The number of urea groups is 1. The summed E-state index contributed by atoms with van der Waals surface area (Å²) in [7, 11) is -4.09. The Kier molecular flexibility index (Phi) is 7.73. The van der Waals surface area contributed by atoms with Gasteiger partial charge in [-0.3, -0.25) is 0 Å². The van der Waals surface area contributed by atoms with Crippen molar-refractivity contribution in [3.05, 3.63) is 63.9 Å². The van der Waals surface area contributed by atoms with Crippen molar-refractivity contribution in [2.45, 2.75) is 64.2 Å². The predicted molar refractivity (Wildman–Crippen MR) is 128 cm³/mol. The lowest BCUT2D eigenvalue weighted by Gasteiger charge is -2.21. The van der Waals surface area contributed by atoms with Gasteiger partial charge in [0.25, 0.3) is 0 Å². The van der Waals surface area contributed by atoms with E-state index in [1.54, 1.807) is 25.3 Å². The van der Waals surface area contributed by atoms with Gasteiger partial charge in [0.15, 0.2) is 0 Å². The topological polar surface area (TPSA) is 95.5 Å². The number of hydrogen-bond acceptors (Lipinski definition) is 5. The van der Waals surface area contributed by atoms with Crippen LogP contribution in [0.2, 0.25) is 0 Å². The van der Waals surface area contributed by atoms with Gasteiger partial charge in [0.1, 0.15) is 5.25 Å². The number of aliphatic hydroxyl groups is 1. The van der Waals surface area contributed by atoms with Crippen LogP contribution in [-0.2, 0) is 15.6 Å². The minimum Gasteiger partial charge on any atom is -0.386 e. The Morgan fingerprint density at radius 1 is 1.16 bits per heavy atom. The largest absolute Gasteiger partial charge is 0.386 e. The van der Waals surface area contributed by atoms with Crippen molar-refractivity contribution in [1.29, 1.82) is 0 Å². The Labute approximate surface area is 189 Å². The molecule has 0 saturated carbocycles. The highest BCUT2D eigenvalue weighted by atomic mass is 32.2. The molecule has 0 saturated heterocycles. The van der Waals surface area contributed by atoms with Gasteiger partial charge < -0.3 is 10.4 Å². The van der Waals surface area contributed by atoms with Crippen LogP contribution in [0.1, 0.15) is 80.2 Å². The lowest BCUT2D eigenvalue weighted by molar-refractivity contribution is 0.0790. The first-order valence-electron chi connectivity index (χ1n) is 10.2. The Balaban J connectivity index is 2.31. The van der Waals surface area contributed by atoms with Gasteiger partial charge >= 0.3 is 6.03 Å². The van der Waals surface area contributed by atoms with E-state index < -0.39 is 26.9 Å². The summed E-state index contributed by atoms with van der Waals surface area (Å²) in [5, 5.41) is 13.5. The first-order chi connectivity index (χ1) is 14.3. The summed E-state index contributed by atoms with van der Waals surface area (Å²) in [6.07, 6.45) is 1.28. The zero-order valence-electron chi connectivity index (χ0n) is 18.9. The highest BCUT2D eigenvalue weighted by Crippen LogP contribution is 2.34. The van der Waals surface area contributed by atoms with Gasteiger partial charge in [-0.2, -0.15) is 0 Å². The van der Waals surface area contributed by atoms with Gasteiger partial charge in [-0.15, -0.1) is 17.9 Å². The summed E-state index contributed by atoms with van der Waals surface area (Å²) >= 11 is 1.20. The van der Waals surface area contributed by atoms with E-state index in [2.05, 4.69) is 16.6 Å². The molecule has 2 rings (SSSR count). The van der Waals surface area contributed by atoms with E-state index in [1.807, 2.05) is 45.9 Å². The van der Waals surface area contributed by atoms with Crippen LogP contribution < -0.4 is 10.0 Å². The van der Waals surface area contributed by atoms with Gasteiger partial charge in [-0.05, 0) is 53.8 Å². The summed E-state index contributed by atoms with van der Waals surface area (Å²) in [4.78, 5) is 13.2. The summed E-state index contributed by atoms with van der Waals surface area (Å²) in [5.74, 6) is 0.302. The summed E-state index contributed by atoms with van der Waals surface area (Å²) in [6.45, 7) is 15.0. The van der Waals surface area contributed by atoms with Gasteiger partial charge in [0.05, 0.1) is 5.60 Å². The average Bonchev–Trinajstić information content (AvgIpc) is 3.11. The third-order valence-electron chi connectivity index (χ3n) is 5.00. The SMILES string of the molecule is C=CC(c1cc(C(C)(C)O)cs1)S(=O)(=O)NC(=O)Nc1c(C(C)C)cccc1C(C)C. The van der Waals surface area contributed by atoms with Crippen molar-refractivity contribution >= 4 is 33.1 Å². The highest BCUT2D eigenvalue weighted by molar-refractivity contribution is 7.90. The maximum absolute atomic E-state index is 13.0. The van der Waals surface area contributed by atoms with Crippen LogP contribution in [0.15, 0.2) is 42.3 Å². The number of thiophene rings is 1. The summed E-state index contributed by atoms with van der Waals surface area (Å²) in [5.41, 5.74) is 2.02. The molecule has 0 radical (unpaired) electrons. The molecular formula is C23H32N2O4S2. The molecule has 0 aliphatic carbocycles. The normalized spacial score (nSPS) is 13.3. The number of rotatable bonds is 8. The molecular weight excluding hydrogens is 432 g/mol. The molecule has 31 heavy (non-hydrogen) atoms. The molecule has 1 aromatic heterocycles. The van der Waals surface area contributed by atoms with Gasteiger partial charge in [-0.25, -0.2) is 17.9 Å². The number of para-hydroxylation sites is 1. The second kappa shape index (κ2) is 9.54. The lowest BCUT2D eigenvalue weighted by atomic mass is 9.93. The van der Waals surface area contributed by atoms with Crippen LogP contribution in [0.5, 0.6) is 0 Å². The Bertz CT molecular complexity index is 1020. The molecule has 1 heterocycles. The fraction of sp³-hybridized carbons (Fsp3) is 0.435. The third kappa shape index (κ3) is 5.96. The Hall–Kier alpha value is -2.16. The van der Waals surface area contributed by atoms with E-state index in [9.17, 15) is 18.3 Å². The van der Waals surface area contributed by atoms with Crippen LogP contribution >= 0.6 is 11.3 Å². The molecule has 1 unspecified atom stereocenters. The number of carbonyl (C=O) groups excluding carboxylic acids is 1. The first kappa shape index (κ1) is 25.1. The summed E-state index contributed by atoms with van der Waals surface area (Å²) in [6, 6.07) is 6.60. The zero-order chi connectivity index (χ0) is 23.6. The third-order valence-corrected chi connectivity index (χ3v) is 7.75. The molecule has 0 spiro atoms. The monoisotopic (exact) mass is 464 g/mol. The van der Waals surface area contributed by atoms with E-state index in [1.165, 1.54) is 17.4 Å². The number of nitrogens with one attached hydrogen (secondary N) is 2. The fourth-order valence-corrected chi connectivity index (χ4v) is 5.90. The molecule has 6 nitrogen and oxygen atoms in total. The van der Waals surface area contributed by atoms with Crippen LogP contribution in [0.3, 0.4) is 0 Å². The zero-order valence-corrected chi connectivity index (χ0v) is 20.5. The van der Waals surface area contributed by atoms with E-state index in [4.69, 9.17) is 0 Å². The number of amides is 2. The van der Waals surface area contributed by atoms with E-state index in [0.29, 0.717) is 16.1 Å². The molecule has 1 aromatic carbocycles. The fourth-order valence-electron chi connectivity index (χ4n) is 3.25. The Morgan fingerprint density at radius 3 is 2.13 bits per heavy atom. The van der Waals surface area contributed by atoms with E-state index in [-0.39, 0.29) is 11.8 Å². The maximum atomic E-state index is 13.0. The van der Waals surface area contributed by atoms with E-state index >= 15 is 0 Å². The second-order valence-electron chi connectivity index (χ2n) is 8.68. The molecule has 0 fully saturated rings. The van der Waals surface area contributed by atoms with Crippen molar-refractivity contribution in [3.8, 4) is 0 Å². The quantitative estimate of drug-likeness (QED) is 0.443. The number of sulfonamides is 1. The minimum absolute atomic E-state index is 0.151. The van der Waals surface area contributed by atoms with Crippen molar-refractivity contribution in [2.75, 3.05) is 5.32 Å². The first-order valence-corrected chi connectivity index (χ1v) is 12.6. The molecule has 0 bridgehead atoms. The molecule has 2 aromatic rings. The van der Waals surface area contributed by atoms with Crippen molar-refractivity contribution in [1.82, 2.24) is 4.72 Å². The van der Waals surface area contributed by atoms with Crippen molar-refractivity contribution < 1.29 is 18.3 Å². The van der Waals surface area contributed by atoms with Crippen molar-refractivity contribution in [3.63, 3.8) is 0 Å². The maximum Gasteiger partial charge on any atom is 0.332 e. The molecule has 0 aliphatic rings. The van der Waals surface area contributed by atoms with Gasteiger partial charge in [-0.1, -0.05) is 52.0 Å². The smallest absolute Gasteiger partial charge is 0.332 e. The predicted octanol–water partition coefficient (Wildman–Crippen LogP) is 5.60. The standard InChI is InChI=1S/C23H32N2O4S2/c1-8-20(19-12-16(13-30-19)23(6,7)27)31(28,29)25-22(26)24-21-17(14(2)3)10-9-11-18(21)15(4)5/h8-15,20,27H,1H2,2-7H3,(H2,24,25,26). The van der Waals surface area contributed by atoms with Crippen LogP contribution in [0.25, 0.3) is 0 Å².